The number of fused-ring (bicyclic) bond motifs is 1. The Morgan fingerprint density at radius 2 is 1.80 bits per heavy atom. The van der Waals surface area contributed by atoms with Crippen molar-refractivity contribution in [3.05, 3.63) is 48.3 Å². The SMILES string of the molecule is CC[C@H]1OC(=O)[C@H](C)[C@@H](OC(=O)C(C)C)[C@H](C)[C@@H](O[C@@H]2O[C@H](C)C[C@H](N(C)C)[C@H]2O)[C@](C)(OC(=O)NC/C=C/C=C/c2cccnc2)C[C@@H](C)C(=O)[C@H](C)[C@H]2NC(=O)O[C@@]21C. The predicted molar refractivity (Wildman–Crippen MR) is 226 cm³/mol. The highest BCUT2D eigenvalue weighted by atomic mass is 16.7. The third kappa shape index (κ3) is 12.0. The van der Waals surface area contributed by atoms with Crippen molar-refractivity contribution in [2.75, 3.05) is 20.6 Å². The van der Waals surface area contributed by atoms with Crippen molar-refractivity contribution in [1.82, 2.24) is 20.5 Å². The quantitative estimate of drug-likeness (QED) is 0.149. The number of amides is 2. The van der Waals surface area contributed by atoms with Gasteiger partial charge in [-0.25, -0.2) is 9.59 Å². The van der Waals surface area contributed by atoms with Crippen molar-refractivity contribution < 1.29 is 57.5 Å². The third-order valence-electron chi connectivity index (χ3n) is 12.3. The molecule has 61 heavy (non-hydrogen) atoms. The fourth-order valence-corrected chi connectivity index (χ4v) is 8.88. The van der Waals surface area contributed by atoms with E-state index >= 15 is 0 Å². The number of aliphatic hydroxyl groups excluding tert-OH is 1. The summed E-state index contributed by atoms with van der Waals surface area (Å²) in [6.07, 6.45) is 3.18. The fourth-order valence-electron chi connectivity index (χ4n) is 8.88. The van der Waals surface area contributed by atoms with Gasteiger partial charge >= 0.3 is 24.1 Å². The summed E-state index contributed by atoms with van der Waals surface area (Å²) in [5.74, 6) is -6.06. The zero-order valence-electron chi connectivity index (χ0n) is 37.8. The molecule has 340 valence electrons. The molecule has 0 aromatic carbocycles. The van der Waals surface area contributed by atoms with Gasteiger partial charge in [-0.05, 0) is 72.7 Å². The van der Waals surface area contributed by atoms with Gasteiger partial charge in [0.25, 0.3) is 0 Å². The zero-order valence-corrected chi connectivity index (χ0v) is 37.8. The minimum atomic E-state index is -1.72. The standard InChI is InChI=1S/C45H68N4O12/c1-13-33-45(10)37(48-43(55)61-45)28(6)34(50)26(4)23-44(9,60-42(54)47-21-16-14-15-18-31-19-17-20-46-24-31)38(59-41-35(51)32(49(11)12)22-27(5)56-41)29(7)36(30(8)40(53)57-33)58-39(52)25(2)3/h14-20,24-30,32-33,35-38,41,51H,13,21-23H2,1-12H3,(H,47,54)(H,48,55)/b16-14+,18-15+/t26-,27-,28+,29+,30-,32+,33-,35-,36+,37-,38-,41+,44-,45-/m1/s1. The molecule has 14 atom stereocenters. The Bertz CT molecular complexity index is 1740. The molecular formula is C45H68N4O12. The number of likely N-dealkylation sites (N-methyl/N-ethyl adjacent to an activating group) is 1. The maximum atomic E-state index is 14.6. The highest BCUT2D eigenvalue weighted by Crippen LogP contribution is 2.42. The van der Waals surface area contributed by atoms with Crippen molar-refractivity contribution in [2.45, 2.75) is 149 Å². The first-order chi connectivity index (χ1) is 28.6. The number of carbonyl (C=O) groups is 5. The predicted octanol–water partition coefficient (Wildman–Crippen LogP) is 5.22. The normalized spacial score (nSPS) is 36.5. The number of hydrogen-bond acceptors (Lipinski definition) is 14. The fraction of sp³-hybridized carbons (Fsp3) is 0.689. The molecule has 3 aliphatic rings. The van der Waals surface area contributed by atoms with E-state index in [4.69, 9.17) is 28.4 Å². The average molecular weight is 857 g/mol. The molecule has 0 radical (unpaired) electrons. The minimum Gasteiger partial charge on any atom is -0.461 e. The summed E-state index contributed by atoms with van der Waals surface area (Å²) < 4.78 is 37.5. The van der Waals surface area contributed by atoms with Crippen LogP contribution in [0.2, 0.25) is 0 Å². The molecule has 1 aromatic heterocycles. The molecule has 16 heteroatoms. The molecule has 3 saturated heterocycles. The summed E-state index contributed by atoms with van der Waals surface area (Å²) in [5.41, 5.74) is -2.27. The van der Waals surface area contributed by atoms with Gasteiger partial charge in [-0.15, -0.1) is 0 Å². The Morgan fingerprint density at radius 1 is 1.10 bits per heavy atom. The van der Waals surface area contributed by atoms with Crippen LogP contribution in [-0.4, -0.2) is 126 Å². The molecule has 0 spiro atoms. The van der Waals surface area contributed by atoms with Crippen LogP contribution in [0.15, 0.2) is 42.8 Å². The molecule has 3 aliphatic heterocycles. The topological polar surface area (TPSA) is 201 Å². The summed E-state index contributed by atoms with van der Waals surface area (Å²) >= 11 is 0. The number of allylic oxidation sites excluding steroid dienone is 2. The smallest absolute Gasteiger partial charge is 0.408 e. The van der Waals surface area contributed by atoms with Gasteiger partial charge in [0.15, 0.2) is 11.9 Å². The number of aromatic nitrogens is 1. The molecule has 16 nitrogen and oxygen atoms in total. The van der Waals surface area contributed by atoms with Gasteiger partial charge in [-0.2, -0.15) is 0 Å². The molecule has 4 rings (SSSR count). The number of rotatable bonds is 11. The lowest BCUT2D eigenvalue weighted by atomic mass is 9.73. The van der Waals surface area contributed by atoms with E-state index in [1.807, 2.05) is 44.1 Å². The van der Waals surface area contributed by atoms with Crippen molar-refractivity contribution in [2.24, 2.45) is 29.6 Å². The maximum Gasteiger partial charge on any atom is 0.408 e. The number of cyclic esters (lactones) is 1. The lowest BCUT2D eigenvalue weighted by Crippen LogP contribution is -2.61. The monoisotopic (exact) mass is 856 g/mol. The van der Waals surface area contributed by atoms with Gasteiger partial charge in [-0.1, -0.05) is 71.9 Å². The van der Waals surface area contributed by atoms with Gasteiger partial charge in [0.2, 0.25) is 0 Å². The van der Waals surface area contributed by atoms with Crippen LogP contribution in [0.4, 0.5) is 9.59 Å². The van der Waals surface area contributed by atoms with Crippen molar-refractivity contribution >= 4 is 36.0 Å². The highest BCUT2D eigenvalue weighted by molar-refractivity contribution is 5.85. The molecule has 0 saturated carbocycles. The molecule has 1 aromatic rings. The first kappa shape index (κ1) is 49.3. The van der Waals surface area contributed by atoms with Crippen LogP contribution in [0.3, 0.4) is 0 Å². The summed E-state index contributed by atoms with van der Waals surface area (Å²) in [4.78, 5) is 75.2. The molecular weight excluding hydrogens is 789 g/mol. The Morgan fingerprint density at radius 3 is 2.43 bits per heavy atom. The van der Waals surface area contributed by atoms with E-state index in [1.54, 1.807) is 92.9 Å². The molecule has 3 fully saturated rings. The number of nitrogens with zero attached hydrogens (tertiary/aromatic N) is 2. The Labute approximate surface area is 360 Å². The Kier molecular flexibility index (Phi) is 17.1. The van der Waals surface area contributed by atoms with Crippen molar-refractivity contribution in [3.8, 4) is 0 Å². The van der Waals surface area contributed by atoms with E-state index in [0.29, 0.717) is 6.42 Å². The van der Waals surface area contributed by atoms with Crippen LogP contribution in [0.5, 0.6) is 0 Å². The van der Waals surface area contributed by atoms with Crippen LogP contribution in [0.25, 0.3) is 6.08 Å². The number of Topliss-reactive ketones (excluding diaryl/α,β-unsaturated/α-hetero) is 1. The van der Waals surface area contributed by atoms with Crippen LogP contribution in [0.1, 0.15) is 94.1 Å². The van der Waals surface area contributed by atoms with E-state index in [2.05, 4.69) is 15.6 Å². The molecule has 0 aliphatic carbocycles. The molecule has 2 amide bonds. The van der Waals surface area contributed by atoms with Crippen LogP contribution < -0.4 is 10.6 Å². The van der Waals surface area contributed by atoms with Crippen molar-refractivity contribution in [3.63, 3.8) is 0 Å². The van der Waals surface area contributed by atoms with E-state index in [-0.39, 0.29) is 37.3 Å². The summed E-state index contributed by atoms with van der Waals surface area (Å²) in [6, 6.07) is 2.44. The summed E-state index contributed by atoms with van der Waals surface area (Å²) in [6.45, 7) is 16.9. The molecule has 0 bridgehead atoms. The van der Waals surface area contributed by atoms with E-state index in [9.17, 15) is 29.1 Å². The molecule has 3 N–H and O–H groups in total. The second kappa shape index (κ2) is 21.1. The van der Waals surface area contributed by atoms with Crippen LogP contribution in [0, 0.1) is 29.6 Å². The molecule has 0 unspecified atom stereocenters. The second-order valence-electron chi connectivity index (χ2n) is 17.8. The van der Waals surface area contributed by atoms with Gasteiger partial charge in [0.05, 0.1) is 24.0 Å². The number of ether oxygens (including phenoxy) is 6. The number of pyridine rings is 1. The van der Waals surface area contributed by atoms with E-state index < -0.39 is 102 Å². The van der Waals surface area contributed by atoms with Crippen molar-refractivity contribution in [1.29, 1.82) is 0 Å². The summed E-state index contributed by atoms with van der Waals surface area (Å²) in [5, 5.41) is 17.3. The van der Waals surface area contributed by atoms with E-state index in [0.717, 1.165) is 5.56 Å². The molecule has 4 heterocycles. The Balaban J connectivity index is 1.84. The van der Waals surface area contributed by atoms with Gasteiger partial charge in [-0.3, -0.25) is 19.4 Å². The van der Waals surface area contributed by atoms with E-state index in [1.165, 1.54) is 0 Å². The third-order valence-corrected chi connectivity index (χ3v) is 12.3. The zero-order chi connectivity index (χ0) is 45.4. The first-order valence-electron chi connectivity index (χ1n) is 21.4. The lowest BCUT2D eigenvalue weighted by Gasteiger charge is -2.48. The lowest BCUT2D eigenvalue weighted by molar-refractivity contribution is -0.298. The van der Waals surface area contributed by atoms with Gasteiger partial charge in [0.1, 0.15) is 35.8 Å². The number of carbonyl (C=O) groups excluding carboxylic acids is 5. The highest BCUT2D eigenvalue weighted by Gasteiger charge is 2.58. The first-order valence-corrected chi connectivity index (χ1v) is 21.4. The summed E-state index contributed by atoms with van der Waals surface area (Å²) in [7, 11) is 3.67. The van der Waals surface area contributed by atoms with Crippen LogP contribution >= 0.6 is 0 Å². The van der Waals surface area contributed by atoms with Gasteiger partial charge in [0, 0.05) is 42.7 Å². The number of ketones is 1. The van der Waals surface area contributed by atoms with Crippen LogP contribution in [-0.2, 0) is 42.8 Å². The maximum absolute atomic E-state index is 14.6. The largest absolute Gasteiger partial charge is 0.461 e. The average Bonchev–Trinajstić information content (AvgIpc) is 3.52. The number of nitrogens with one attached hydrogen (secondary N) is 2. The number of aliphatic hydroxyl groups is 1. The van der Waals surface area contributed by atoms with Gasteiger partial charge < -0.3 is 49.1 Å². The number of esters is 2. The number of hydrogen-bond donors (Lipinski definition) is 3. The minimum absolute atomic E-state index is 0.0709. The Hall–Kier alpha value is -4.38. The second-order valence-corrected chi connectivity index (χ2v) is 17.8. The number of alkyl carbamates (subject to hydrolysis) is 2.